The molecule has 2 atom stereocenters. The Morgan fingerprint density at radius 2 is 1.88 bits per heavy atom. The Kier molecular flexibility index (Phi) is 6.59. The highest BCUT2D eigenvalue weighted by Gasteiger charge is 2.39. The molecule has 0 spiro atoms. The second kappa shape index (κ2) is 10.4. The van der Waals surface area contributed by atoms with Gasteiger partial charge in [-0.1, -0.05) is 12.1 Å². The summed E-state index contributed by atoms with van der Waals surface area (Å²) in [6.07, 6.45) is 5.57. The third-order valence-corrected chi connectivity index (χ3v) is 9.89. The Labute approximate surface area is 242 Å². The lowest BCUT2D eigenvalue weighted by atomic mass is 9.98. The topological polar surface area (TPSA) is 101 Å². The molecule has 2 fully saturated rings. The first-order chi connectivity index (χ1) is 19.9. The number of hydrogen-bond acceptors (Lipinski definition) is 8. The van der Waals surface area contributed by atoms with Crippen LogP contribution in [0.25, 0.3) is 11.1 Å². The molecule has 7 rings (SSSR count). The number of pyridine rings is 1. The average molecular weight is 569 g/mol. The molecule has 1 saturated carbocycles. The SMILES string of the molecule is Cc1c(NC(=O)c2cc3c(s2)C2CCC3C2)cccc1-c1cc(Nc2ccc(N3CCOCC3)nn2)c(=O)n(C)c1. The highest BCUT2D eigenvalue weighted by atomic mass is 32.1. The first-order valence-corrected chi connectivity index (χ1v) is 15.0. The summed E-state index contributed by atoms with van der Waals surface area (Å²) in [4.78, 5) is 30.6. The number of carbonyl (C=O) groups excluding carboxylic acids is 1. The van der Waals surface area contributed by atoms with Crippen LogP contribution in [0.5, 0.6) is 0 Å². The van der Waals surface area contributed by atoms with Crippen molar-refractivity contribution in [3.63, 3.8) is 0 Å². The van der Waals surface area contributed by atoms with Gasteiger partial charge in [0.15, 0.2) is 11.6 Å². The van der Waals surface area contributed by atoms with Crippen molar-refractivity contribution >= 4 is 40.3 Å². The van der Waals surface area contributed by atoms with Gasteiger partial charge in [-0.2, -0.15) is 0 Å². The molecule has 1 aliphatic heterocycles. The summed E-state index contributed by atoms with van der Waals surface area (Å²) in [7, 11) is 1.73. The number of amides is 1. The minimum absolute atomic E-state index is 0.0639. The molecular weight excluding hydrogens is 536 g/mol. The van der Waals surface area contributed by atoms with Crippen LogP contribution in [0.2, 0.25) is 0 Å². The number of nitrogens with one attached hydrogen (secondary N) is 2. The zero-order valence-corrected chi connectivity index (χ0v) is 24.0. The van der Waals surface area contributed by atoms with Crippen LogP contribution in [0.3, 0.4) is 0 Å². The molecule has 4 heterocycles. The summed E-state index contributed by atoms with van der Waals surface area (Å²) < 4.78 is 6.97. The number of aryl methyl sites for hydroxylation is 1. The maximum Gasteiger partial charge on any atom is 0.274 e. The van der Waals surface area contributed by atoms with Gasteiger partial charge >= 0.3 is 0 Å². The number of fused-ring (bicyclic) bond motifs is 5. The van der Waals surface area contributed by atoms with Gasteiger partial charge in [0.2, 0.25) is 0 Å². The summed E-state index contributed by atoms with van der Waals surface area (Å²) >= 11 is 1.66. The molecule has 1 aromatic carbocycles. The number of ether oxygens (including phenoxy) is 1. The van der Waals surface area contributed by atoms with Gasteiger partial charge in [0.05, 0.1) is 18.1 Å². The van der Waals surface area contributed by atoms with Crippen LogP contribution in [-0.2, 0) is 11.8 Å². The minimum atomic E-state index is -0.172. The Hall–Kier alpha value is -4.02. The molecule has 210 valence electrons. The first kappa shape index (κ1) is 25.9. The quantitative estimate of drug-likeness (QED) is 0.321. The molecule has 1 saturated heterocycles. The van der Waals surface area contributed by atoms with Gasteiger partial charge in [-0.25, -0.2) is 0 Å². The lowest BCUT2D eigenvalue weighted by Gasteiger charge is -2.27. The predicted molar refractivity (Wildman–Crippen MR) is 162 cm³/mol. The van der Waals surface area contributed by atoms with Crippen molar-refractivity contribution < 1.29 is 9.53 Å². The number of rotatable bonds is 6. The minimum Gasteiger partial charge on any atom is -0.378 e. The summed E-state index contributed by atoms with van der Waals surface area (Å²) in [6.45, 7) is 4.89. The number of nitrogens with zero attached hydrogens (tertiary/aromatic N) is 4. The number of carbonyl (C=O) groups is 1. The van der Waals surface area contributed by atoms with Gasteiger partial charge in [-0.3, -0.25) is 9.59 Å². The zero-order valence-electron chi connectivity index (χ0n) is 23.1. The second-order valence-electron chi connectivity index (χ2n) is 11.1. The van der Waals surface area contributed by atoms with Gasteiger partial charge in [0, 0.05) is 42.5 Å². The van der Waals surface area contributed by atoms with Crippen LogP contribution >= 0.6 is 11.3 Å². The Morgan fingerprint density at radius 1 is 1.05 bits per heavy atom. The van der Waals surface area contributed by atoms with Crippen molar-refractivity contribution in [2.75, 3.05) is 41.8 Å². The van der Waals surface area contributed by atoms with Crippen LogP contribution in [0, 0.1) is 6.92 Å². The number of benzene rings is 1. The summed E-state index contributed by atoms with van der Waals surface area (Å²) in [5.74, 6) is 2.50. The molecule has 0 radical (unpaired) electrons. The van der Waals surface area contributed by atoms with E-state index in [4.69, 9.17) is 4.74 Å². The summed E-state index contributed by atoms with van der Waals surface area (Å²) in [5.41, 5.74) is 5.10. The molecule has 41 heavy (non-hydrogen) atoms. The Bertz CT molecular complexity index is 1660. The van der Waals surface area contributed by atoms with Crippen LogP contribution < -0.4 is 21.1 Å². The van der Waals surface area contributed by atoms with Crippen molar-refractivity contribution in [2.45, 2.75) is 38.0 Å². The Morgan fingerprint density at radius 3 is 2.66 bits per heavy atom. The maximum absolute atomic E-state index is 13.3. The molecule has 10 heteroatoms. The third kappa shape index (κ3) is 4.81. The number of thiophene rings is 1. The second-order valence-corrected chi connectivity index (χ2v) is 12.2. The van der Waals surface area contributed by atoms with Crippen LogP contribution in [0.4, 0.5) is 23.0 Å². The van der Waals surface area contributed by atoms with Crippen molar-refractivity contribution in [1.29, 1.82) is 0 Å². The smallest absolute Gasteiger partial charge is 0.274 e. The van der Waals surface area contributed by atoms with Crippen LogP contribution in [0.1, 0.15) is 56.8 Å². The molecular formula is C31H32N6O3S. The highest BCUT2D eigenvalue weighted by molar-refractivity contribution is 7.14. The molecule has 2 N–H and O–H groups in total. The third-order valence-electron chi connectivity index (χ3n) is 8.58. The summed E-state index contributed by atoms with van der Waals surface area (Å²) in [6, 6.07) is 13.5. The van der Waals surface area contributed by atoms with Crippen LogP contribution in [0.15, 0.2) is 53.5 Å². The maximum atomic E-state index is 13.3. The molecule has 2 unspecified atom stereocenters. The molecule has 3 aliphatic rings. The molecule has 9 nitrogen and oxygen atoms in total. The van der Waals surface area contributed by atoms with Gasteiger partial charge in [-0.15, -0.1) is 21.5 Å². The van der Waals surface area contributed by atoms with Gasteiger partial charge in [-0.05, 0) is 85.0 Å². The van der Waals surface area contributed by atoms with Crippen molar-refractivity contribution in [3.8, 4) is 11.1 Å². The predicted octanol–water partition coefficient (Wildman–Crippen LogP) is 5.41. The molecule has 1 amide bonds. The van der Waals surface area contributed by atoms with E-state index in [-0.39, 0.29) is 11.5 Å². The lowest BCUT2D eigenvalue weighted by Crippen LogP contribution is -2.36. The lowest BCUT2D eigenvalue weighted by molar-refractivity contribution is 0.103. The monoisotopic (exact) mass is 568 g/mol. The first-order valence-electron chi connectivity index (χ1n) is 14.1. The molecule has 2 bridgehead atoms. The number of hydrogen-bond donors (Lipinski definition) is 2. The number of anilines is 4. The number of morpholine rings is 1. The van der Waals surface area contributed by atoms with E-state index in [2.05, 4.69) is 31.8 Å². The van der Waals surface area contributed by atoms with Gasteiger partial charge < -0.3 is 24.8 Å². The normalized spacial score (nSPS) is 19.3. The van der Waals surface area contributed by atoms with E-state index in [0.29, 0.717) is 36.6 Å². The van der Waals surface area contributed by atoms with E-state index in [0.717, 1.165) is 46.2 Å². The highest BCUT2D eigenvalue weighted by Crippen LogP contribution is 2.56. The molecule has 3 aromatic heterocycles. The van der Waals surface area contributed by atoms with Crippen molar-refractivity contribution in [2.24, 2.45) is 7.05 Å². The fourth-order valence-electron chi connectivity index (χ4n) is 6.38. The van der Waals surface area contributed by atoms with E-state index < -0.39 is 0 Å². The Balaban J connectivity index is 1.12. The standard InChI is InChI=1S/C31H32N6O3S/c1-18-22(4-3-5-24(18)33-30(38)26-16-23-19-6-7-20(14-19)29(23)41-26)21-15-25(31(39)36(2)17-21)32-27-8-9-28(35-34-27)37-10-12-40-13-11-37/h3-5,8-9,15-17,19-20H,6-7,10-14H2,1-2H3,(H,32,34)(H,33,38). The van der Waals surface area contributed by atoms with Crippen LogP contribution in [-0.4, -0.2) is 47.0 Å². The van der Waals surface area contributed by atoms with Gasteiger partial charge in [0.25, 0.3) is 11.5 Å². The van der Waals surface area contributed by atoms with E-state index >= 15 is 0 Å². The van der Waals surface area contributed by atoms with E-state index in [1.807, 2.05) is 49.5 Å². The average Bonchev–Trinajstić information content (AvgIpc) is 3.72. The number of aromatic nitrogens is 3. The summed E-state index contributed by atoms with van der Waals surface area (Å²) in [5, 5.41) is 15.0. The zero-order chi connectivity index (χ0) is 28.1. The fraction of sp³-hybridized carbons (Fsp3) is 0.355. The molecule has 4 aromatic rings. The van der Waals surface area contributed by atoms with Gasteiger partial charge in [0.1, 0.15) is 5.69 Å². The van der Waals surface area contributed by atoms with Crippen molar-refractivity contribution in [1.82, 2.24) is 14.8 Å². The fourth-order valence-corrected chi connectivity index (χ4v) is 7.67. The van der Waals surface area contributed by atoms with E-state index in [9.17, 15) is 9.59 Å². The largest absolute Gasteiger partial charge is 0.378 e. The van der Waals surface area contributed by atoms with E-state index in [1.54, 1.807) is 23.0 Å². The van der Waals surface area contributed by atoms with E-state index in [1.165, 1.54) is 29.7 Å². The molecule has 2 aliphatic carbocycles. The van der Waals surface area contributed by atoms with Crippen molar-refractivity contribution in [3.05, 3.63) is 79.9 Å².